The molecule has 0 bridgehead atoms. The fourth-order valence-corrected chi connectivity index (χ4v) is 1.76. The van der Waals surface area contributed by atoms with Crippen LogP contribution >= 0.6 is 0 Å². The van der Waals surface area contributed by atoms with Crippen LogP contribution in [0.1, 0.15) is 31.8 Å². The molecule has 0 atom stereocenters. The van der Waals surface area contributed by atoms with Gasteiger partial charge in [-0.1, -0.05) is 0 Å². The number of amides is 1. The minimum absolute atomic E-state index is 0.0349. The summed E-state index contributed by atoms with van der Waals surface area (Å²) in [5.41, 5.74) is -3.84. The predicted molar refractivity (Wildman–Crippen MR) is 61.1 cm³/mol. The molecule has 1 rings (SSSR count). The Morgan fingerprint density at radius 2 is 1.70 bits per heavy atom. The van der Waals surface area contributed by atoms with Gasteiger partial charge in [0.05, 0.1) is 16.7 Å². The van der Waals surface area contributed by atoms with E-state index >= 15 is 0 Å². The lowest BCUT2D eigenvalue weighted by atomic mass is 9.95. The van der Waals surface area contributed by atoms with Gasteiger partial charge in [0.15, 0.2) is 0 Å². The quantitative estimate of drug-likeness (QED) is 0.853. The Balaban J connectivity index is 3.80. The monoisotopic (exact) mass is 293 g/mol. The first-order valence-electron chi connectivity index (χ1n) is 5.33. The Morgan fingerprint density at radius 1 is 1.20 bits per heavy atom. The molecule has 1 aromatic rings. The number of benzene rings is 1. The molecule has 0 saturated heterocycles. The summed E-state index contributed by atoms with van der Waals surface area (Å²) < 4.78 is 52.2. The van der Waals surface area contributed by atoms with Crippen molar-refractivity contribution >= 4 is 11.9 Å². The van der Waals surface area contributed by atoms with Crippen molar-refractivity contribution < 1.29 is 32.3 Å². The van der Waals surface area contributed by atoms with E-state index in [0.29, 0.717) is 0 Å². The number of hydrogen-bond acceptors (Lipinski definition) is 2. The second kappa shape index (κ2) is 5.10. The molecule has 0 aliphatic carbocycles. The fraction of sp³-hybridized carbons (Fsp3) is 0.333. The number of alkyl halides is 3. The molecule has 1 amide bonds. The third-order valence-electron chi connectivity index (χ3n) is 2.67. The zero-order chi connectivity index (χ0) is 15.8. The molecule has 0 aliphatic heterocycles. The molecule has 0 unspecified atom stereocenters. The van der Waals surface area contributed by atoms with E-state index in [4.69, 9.17) is 5.11 Å². The highest BCUT2D eigenvalue weighted by atomic mass is 19.4. The van der Waals surface area contributed by atoms with E-state index in [1.807, 2.05) is 0 Å². The van der Waals surface area contributed by atoms with Crippen molar-refractivity contribution in [3.8, 4) is 0 Å². The molecule has 1 N–H and O–H groups in total. The zero-order valence-electron chi connectivity index (χ0n) is 10.8. The minimum Gasteiger partial charge on any atom is -0.478 e. The number of nitrogens with zero attached hydrogens (tertiary/aromatic N) is 1. The third-order valence-corrected chi connectivity index (χ3v) is 2.67. The normalized spacial score (nSPS) is 11.3. The van der Waals surface area contributed by atoms with E-state index in [9.17, 15) is 27.2 Å². The van der Waals surface area contributed by atoms with E-state index < -0.39 is 46.1 Å². The Kier molecular flexibility index (Phi) is 4.07. The molecule has 0 saturated carbocycles. The van der Waals surface area contributed by atoms with E-state index in [2.05, 4.69) is 0 Å². The van der Waals surface area contributed by atoms with Gasteiger partial charge in [0.2, 0.25) is 0 Å². The standard InChI is InChI=1S/C12H11F4NO3/c1-5-8(10(18)17(2)3)6(12(14,15)16)4-7(13)9(5)11(19)20/h4H,1-3H3,(H,19,20). The molecule has 0 fully saturated rings. The summed E-state index contributed by atoms with van der Waals surface area (Å²) in [5, 5.41) is 8.84. The van der Waals surface area contributed by atoms with Gasteiger partial charge < -0.3 is 10.0 Å². The Morgan fingerprint density at radius 3 is 2.05 bits per heavy atom. The average Bonchev–Trinajstić information content (AvgIpc) is 2.25. The second-order valence-corrected chi connectivity index (χ2v) is 4.28. The SMILES string of the molecule is Cc1c(C(=O)O)c(F)cc(C(F)(F)F)c1C(=O)N(C)C. The maximum Gasteiger partial charge on any atom is 0.417 e. The molecule has 20 heavy (non-hydrogen) atoms. The average molecular weight is 293 g/mol. The van der Waals surface area contributed by atoms with Crippen LogP contribution in [-0.4, -0.2) is 36.0 Å². The number of carboxylic acids is 1. The van der Waals surface area contributed by atoms with E-state index in [1.54, 1.807) is 0 Å². The van der Waals surface area contributed by atoms with Gasteiger partial charge in [-0.2, -0.15) is 13.2 Å². The van der Waals surface area contributed by atoms with Gasteiger partial charge >= 0.3 is 12.1 Å². The first-order chi connectivity index (χ1) is 8.98. The van der Waals surface area contributed by atoms with Crippen LogP contribution < -0.4 is 0 Å². The number of halogens is 4. The maximum absolute atomic E-state index is 13.5. The van der Waals surface area contributed by atoms with Crippen molar-refractivity contribution in [2.24, 2.45) is 0 Å². The van der Waals surface area contributed by atoms with Crippen LogP contribution in [0.2, 0.25) is 0 Å². The number of aromatic carboxylic acids is 1. The highest BCUT2D eigenvalue weighted by Crippen LogP contribution is 2.36. The topological polar surface area (TPSA) is 57.6 Å². The fourth-order valence-electron chi connectivity index (χ4n) is 1.76. The third kappa shape index (κ3) is 2.73. The number of carboxylic acid groups (broad SMARTS) is 1. The van der Waals surface area contributed by atoms with E-state index in [0.717, 1.165) is 11.8 Å². The van der Waals surface area contributed by atoms with Gasteiger partial charge in [-0.05, 0) is 18.6 Å². The van der Waals surface area contributed by atoms with Gasteiger partial charge in [-0.15, -0.1) is 0 Å². The van der Waals surface area contributed by atoms with E-state index in [-0.39, 0.29) is 6.07 Å². The van der Waals surface area contributed by atoms with Crippen LogP contribution in [0.25, 0.3) is 0 Å². The molecule has 1 aromatic carbocycles. The molecular weight excluding hydrogens is 282 g/mol. The smallest absolute Gasteiger partial charge is 0.417 e. The van der Waals surface area contributed by atoms with Crippen molar-refractivity contribution in [3.63, 3.8) is 0 Å². The summed E-state index contributed by atoms with van der Waals surface area (Å²) in [6.45, 7) is 0.971. The summed E-state index contributed by atoms with van der Waals surface area (Å²) in [4.78, 5) is 23.6. The van der Waals surface area contributed by atoms with Gasteiger partial charge in [-0.25, -0.2) is 9.18 Å². The summed E-state index contributed by atoms with van der Waals surface area (Å²) in [7, 11) is 2.43. The van der Waals surface area contributed by atoms with Crippen LogP contribution in [0.4, 0.5) is 17.6 Å². The molecular formula is C12H11F4NO3. The van der Waals surface area contributed by atoms with Gasteiger partial charge in [0.25, 0.3) is 5.91 Å². The highest BCUT2D eigenvalue weighted by molar-refractivity contribution is 6.01. The van der Waals surface area contributed by atoms with Crippen molar-refractivity contribution in [1.82, 2.24) is 4.90 Å². The zero-order valence-corrected chi connectivity index (χ0v) is 10.8. The molecule has 0 aromatic heterocycles. The molecule has 4 nitrogen and oxygen atoms in total. The lowest BCUT2D eigenvalue weighted by Crippen LogP contribution is -2.27. The molecule has 0 spiro atoms. The Hall–Kier alpha value is -2.12. The molecule has 0 aliphatic rings. The Labute approximate surface area is 111 Å². The summed E-state index contributed by atoms with van der Waals surface area (Å²) in [6, 6.07) is 0.0349. The van der Waals surface area contributed by atoms with Gasteiger partial charge in [0.1, 0.15) is 5.82 Å². The summed E-state index contributed by atoms with van der Waals surface area (Å²) in [6.07, 6.45) is -4.97. The number of carbonyl (C=O) groups excluding carboxylic acids is 1. The Bertz CT molecular complexity index is 579. The summed E-state index contributed by atoms with van der Waals surface area (Å²) in [5.74, 6) is -4.31. The van der Waals surface area contributed by atoms with Crippen LogP contribution in [0.3, 0.4) is 0 Å². The van der Waals surface area contributed by atoms with Crippen LogP contribution in [0, 0.1) is 12.7 Å². The molecule has 110 valence electrons. The van der Waals surface area contributed by atoms with Crippen molar-refractivity contribution in [1.29, 1.82) is 0 Å². The van der Waals surface area contributed by atoms with Crippen LogP contribution in [0.5, 0.6) is 0 Å². The number of rotatable bonds is 2. The first-order valence-corrected chi connectivity index (χ1v) is 5.33. The van der Waals surface area contributed by atoms with Gasteiger partial charge in [0, 0.05) is 14.1 Å². The van der Waals surface area contributed by atoms with Crippen molar-refractivity contribution in [2.75, 3.05) is 14.1 Å². The molecule has 0 heterocycles. The van der Waals surface area contributed by atoms with Crippen LogP contribution in [0.15, 0.2) is 6.07 Å². The molecule has 8 heteroatoms. The first kappa shape index (κ1) is 15.9. The highest BCUT2D eigenvalue weighted by Gasteiger charge is 2.39. The number of carbonyl (C=O) groups is 2. The van der Waals surface area contributed by atoms with Gasteiger partial charge in [-0.3, -0.25) is 4.79 Å². The molecule has 0 radical (unpaired) electrons. The lowest BCUT2D eigenvalue weighted by molar-refractivity contribution is -0.138. The predicted octanol–water partition coefficient (Wildman–Crippen LogP) is 2.55. The van der Waals surface area contributed by atoms with Crippen molar-refractivity contribution in [3.05, 3.63) is 34.1 Å². The van der Waals surface area contributed by atoms with Crippen molar-refractivity contribution in [2.45, 2.75) is 13.1 Å². The van der Waals surface area contributed by atoms with Crippen LogP contribution in [-0.2, 0) is 6.18 Å². The second-order valence-electron chi connectivity index (χ2n) is 4.28. The lowest BCUT2D eigenvalue weighted by Gasteiger charge is -2.19. The largest absolute Gasteiger partial charge is 0.478 e. The summed E-state index contributed by atoms with van der Waals surface area (Å²) >= 11 is 0. The number of hydrogen-bond donors (Lipinski definition) is 1. The van der Waals surface area contributed by atoms with E-state index in [1.165, 1.54) is 14.1 Å². The maximum atomic E-state index is 13.5. The minimum atomic E-state index is -4.97.